The smallest absolute Gasteiger partial charge is 0.315 e. The molecule has 2 fully saturated rings. The van der Waals surface area contributed by atoms with E-state index in [0.717, 1.165) is 25.9 Å². The van der Waals surface area contributed by atoms with Gasteiger partial charge in [0.25, 0.3) is 0 Å². The Morgan fingerprint density at radius 3 is 2.92 bits per heavy atom. The van der Waals surface area contributed by atoms with Crippen molar-refractivity contribution < 1.29 is 19.1 Å². The van der Waals surface area contributed by atoms with Gasteiger partial charge in [-0.3, -0.25) is 0 Å². The maximum absolute atomic E-state index is 12.2. The molecule has 0 unspecified atom stereocenters. The lowest BCUT2D eigenvalue weighted by atomic mass is 9.51. The van der Waals surface area contributed by atoms with Gasteiger partial charge in [0.05, 0.1) is 12.4 Å². The molecule has 2 aliphatic rings. The number of carbonyl (C=O) groups is 1. The summed E-state index contributed by atoms with van der Waals surface area (Å²) in [6.45, 7) is 4.63. The second-order valence-electron chi connectivity index (χ2n) is 7.10. The van der Waals surface area contributed by atoms with E-state index >= 15 is 0 Å². The number of ether oxygens (including phenoxy) is 1. The molecule has 24 heavy (non-hydrogen) atoms. The van der Waals surface area contributed by atoms with Crippen molar-refractivity contribution in [2.24, 2.45) is 5.41 Å². The van der Waals surface area contributed by atoms with Crippen LogP contribution >= 0.6 is 0 Å². The van der Waals surface area contributed by atoms with Crippen LogP contribution in [0.25, 0.3) is 0 Å². The van der Waals surface area contributed by atoms with Crippen LogP contribution in [0.1, 0.15) is 57.8 Å². The number of hydrogen-bond donors (Lipinski definition) is 3. The van der Waals surface area contributed by atoms with Gasteiger partial charge in [0.15, 0.2) is 0 Å². The number of carbonyl (C=O) groups excluding carboxylic acids is 1. The number of furan rings is 1. The Hall–Kier alpha value is -1.53. The molecule has 6 nitrogen and oxygen atoms in total. The zero-order valence-electron chi connectivity index (χ0n) is 14.5. The molecule has 1 spiro atoms. The predicted molar refractivity (Wildman–Crippen MR) is 89.5 cm³/mol. The number of aliphatic hydroxyl groups excluding tert-OH is 1. The monoisotopic (exact) mass is 336 g/mol. The topological polar surface area (TPSA) is 83.7 Å². The molecule has 1 heterocycles. The van der Waals surface area contributed by atoms with E-state index in [2.05, 4.69) is 10.6 Å². The molecule has 3 N–H and O–H groups in total. The van der Waals surface area contributed by atoms with E-state index in [9.17, 15) is 9.90 Å². The second-order valence-corrected chi connectivity index (χ2v) is 7.10. The van der Waals surface area contributed by atoms with E-state index in [-0.39, 0.29) is 23.5 Å². The Labute approximate surface area is 142 Å². The Morgan fingerprint density at radius 1 is 1.54 bits per heavy atom. The quantitative estimate of drug-likeness (QED) is 0.715. The maximum atomic E-state index is 12.2. The van der Waals surface area contributed by atoms with E-state index in [1.807, 2.05) is 13.8 Å². The standard InChI is InChI=1S/C18H28N2O4/c1-3-23-16-11-15(18(16)7-5-8-18)20-17(22)19-12(2)10-13(21)14-6-4-9-24-14/h4,6,9,12-13,15-16,21H,3,5,7-8,10-11H2,1-2H3,(H2,19,20,22)/t12-,13+,15+,16-/m1/s1. The van der Waals surface area contributed by atoms with Crippen LogP contribution in [-0.4, -0.2) is 35.9 Å². The van der Waals surface area contributed by atoms with Crippen molar-refractivity contribution >= 4 is 6.03 Å². The summed E-state index contributed by atoms with van der Waals surface area (Å²) in [6, 6.07) is 3.36. The summed E-state index contributed by atoms with van der Waals surface area (Å²) in [4.78, 5) is 12.2. The molecule has 0 radical (unpaired) electrons. The lowest BCUT2D eigenvalue weighted by molar-refractivity contribution is -0.169. The van der Waals surface area contributed by atoms with Crippen molar-refractivity contribution in [2.45, 2.75) is 70.2 Å². The predicted octanol–water partition coefficient (Wildman–Crippen LogP) is 2.74. The van der Waals surface area contributed by atoms with Crippen molar-refractivity contribution in [2.75, 3.05) is 6.61 Å². The lowest BCUT2D eigenvalue weighted by Gasteiger charge is -2.60. The molecule has 0 aromatic carbocycles. The first-order chi connectivity index (χ1) is 11.5. The van der Waals surface area contributed by atoms with Crippen LogP contribution in [0.2, 0.25) is 0 Å². The highest BCUT2D eigenvalue weighted by atomic mass is 16.5. The molecular weight excluding hydrogens is 308 g/mol. The van der Waals surface area contributed by atoms with Crippen molar-refractivity contribution in [3.05, 3.63) is 24.2 Å². The Kier molecular flexibility index (Phi) is 5.15. The summed E-state index contributed by atoms with van der Waals surface area (Å²) in [5.74, 6) is 0.524. The minimum absolute atomic E-state index is 0.148. The highest BCUT2D eigenvalue weighted by Gasteiger charge is 2.59. The van der Waals surface area contributed by atoms with Crippen LogP contribution in [0, 0.1) is 5.41 Å². The molecule has 0 aliphatic heterocycles. The lowest BCUT2D eigenvalue weighted by Crippen LogP contribution is -2.68. The summed E-state index contributed by atoms with van der Waals surface area (Å²) in [6.07, 6.45) is 5.91. The number of amides is 2. The summed E-state index contributed by atoms with van der Waals surface area (Å²) < 4.78 is 11.0. The number of nitrogens with one attached hydrogen (secondary N) is 2. The third-order valence-corrected chi connectivity index (χ3v) is 5.57. The summed E-state index contributed by atoms with van der Waals surface area (Å²) in [7, 11) is 0. The van der Waals surface area contributed by atoms with Gasteiger partial charge in [0.1, 0.15) is 11.9 Å². The molecule has 2 saturated carbocycles. The van der Waals surface area contributed by atoms with Crippen LogP contribution in [0.3, 0.4) is 0 Å². The number of hydrogen-bond acceptors (Lipinski definition) is 4. The van der Waals surface area contributed by atoms with Gasteiger partial charge in [-0.2, -0.15) is 0 Å². The van der Waals surface area contributed by atoms with Gasteiger partial charge < -0.3 is 24.9 Å². The van der Waals surface area contributed by atoms with Gasteiger partial charge in [-0.05, 0) is 45.2 Å². The zero-order valence-corrected chi connectivity index (χ0v) is 14.5. The minimum Gasteiger partial charge on any atom is -0.467 e. The Balaban J connectivity index is 1.44. The van der Waals surface area contributed by atoms with E-state index in [0.29, 0.717) is 18.3 Å². The second kappa shape index (κ2) is 7.15. The van der Waals surface area contributed by atoms with E-state index in [4.69, 9.17) is 9.15 Å². The first kappa shape index (κ1) is 17.3. The third-order valence-electron chi connectivity index (χ3n) is 5.57. The van der Waals surface area contributed by atoms with Gasteiger partial charge in [0, 0.05) is 30.5 Å². The van der Waals surface area contributed by atoms with Gasteiger partial charge in [-0.1, -0.05) is 6.42 Å². The molecule has 0 saturated heterocycles. The van der Waals surface area contributed by atoms with E-state index in [1.165, 1.54) is 12.7 Å². The van der Waals surface area contributed by atoms with E-state index in [1.54, 1.807) is 12.1 Å². The SMILES string of the molecule is CCO[C@@H]1C[C@H](NC(=O)N[C@H](C)C[C@H](O)c2ccco2)C12CCC2. The highest BCUT2D eigenvalue weighted by molar-refractivity contribution is 5.74. The fourth-order valence-electron chi connectivity index (χ4n) is 4.06. The molecule has 2 aliphatic carbocycles. The molecule has 134 valence electrons. The highest BCUT2D eigenvalue weighted by Crippen LogP contribution is 2.57. The number of rotatable bonds is 7. The molecule has 2 amide bonds. The average Bonchev–Trinajstić information content (AvgIpc) is 2.98. The molecule has 1 aromatic heterocycles. The maximum Gasteiger partial charge on any atom is 0.315 e. The number of aliphatic hydroxyl groups is 1. The van der Waals surface area contributed by atoms with E-state index < -0.39 is 6.10 Å². The first-order valence-corrected chi connectivity index (χ1v) is 8.95. The molecule has 6 heteroatoms. The fraction of sp³-hybridized carbons (Fsp3) is 0.722. The molecule has 0 bridgehead atoms. The zero-order chi connectivity index (χ0) is 17.2. The minimum atomic E-state index is -0.709. The molecular formula is C18H28N2O4. The third kappa shape index (κ3) is 3.30. The van der Waals surface area contributed by atoms with Crippen LogP contribution in [0.4, 0.5) is 4.79 Å². The number of urea groups is 1. The van der Waals surface area contributed by atoms with Gasteiger partial charge in [-0.25, -0.2) is 4.79 Å². The summed E-state index contributed by atoms with van der Waals surface area (Å²) >= 11 is 0. The first-order valence-electron chi connectivity index (χ1n) is 8.95. The van der Waals surface area contributed by atoms with Crippen LogP contribution in [0.5, 0.6) is 0 Å². The van der Waals surface area contributed by atoms with Gasteiger partial charge >= 0.3 is 6.03 Å². The van der Waals surface area contributed by atoms with Crippen molar-refractivity contribution in [1.82, 2.24) is 10.6 Å². The van der Waals surface area contributed by atoms with Crippen LogP contribution < -0.4 is 10.6 Å². The molecule has 3 rings (SSSR count). The van der Waals surface area contributed by atoms with Gasteiger partial charge in [0.2, 0.25) is 0 Å². The van der Waals surface area contributed by atoms with Gasteiger partial charge in [-0.15, -0.1) is 0 Å². The van der Waals surface area contributed by atoms with Crippen molar-refractivity contribution in [1.29, 1.82) is 0 Å². The molecule has 4 atom stereocenters. The summed E-state index contributed by atoms with van der Waals surface area (Å²) in [5.41, 5.74) is 0.157. The molecule has 1 aromatic rings. The Bertz CT molecular complexity index is 541. The largest absolute Gasteiger partial charge is 0.467 e. The van der Waals surface area contributed by atoms with Crippen molar-refractivity contribution in [3.8, 4) is 0 Å². The van der Waals surface area contributed by atoms with Crippen LogP contribution in [-0.2, 0) is 4.74 Å². The average molecular weight is 336 g/mol. The normalized spacial score (nSPS) is 27.0. The fourth-order valence-corrected chi connectivity index (χ4v) is 4.06. The summed E-state index contributed by atoms with van der Waals surface area (Å²) in [5, 5.41) is 16.1. The van der Waals surface area contributed by atoms with Crippen molar-refractivity contribution in [3.63, 3.8) is 0 Å². The Morgan fingerprint density at radius 2 is 2.33 bits per heavy atom. The van der Waals surface area contributed by atoms with Crippen LogP contribution in [0.15, 0.2) is 22.8 Å².